The first-order chi connectivity index (χ1) is 10.3. The van der Waals surface area contributed by atoms with E-state index in [1.165, 1.54) is 0 Å². The molecule has 3 rings (SSSR count). The maximum atomic E-state index is 10.2. The van der Waals surface area contributed by atoms with Crippen molar-refractivity contribution in [3.05, 3.63) is 77.9 Å². The SMILES string of the molecule is O[C@H]1[C@H](c2ccccc2)[C@@H](/C=C/c2ccccc2)O[C@H]1O. The van der Waals surface area contributed by atoms with Crippen LogP contribution >= 0.6 is 0 Å². The molecule has 4 atom stereocenters. The molecule has 0 radical (unpaired) electrons. The van der Waals surface area contributed by atoms with Crippen molar-refractivity contribution in [3.63, 3.8) is 0 Å². The van der Waals surface area contributed by atoms with Crippen LogP contribution in [0.2, 0.25) is 0 Å². The minimum atomic E-state index is -1.15. The van der Waals surface area contributed by atoms with Crippen LogP contribution in [0.25, 0.3) is 6.08 Å². The maximum Gasteiger partial charge on any atom is 0.182 e. The molecule has 1 saturated heterocycles. The molecule has 0 unspecified atom stereocenters. The van der Waals surface area contributed by atoms with E-state index in [0.717, 1.165) is 11.1 Å². The Kier molecular flexibility index (Phi) is 4.15. The summed E-state index contributed by atoms with van der Waals surface area (Å²) < 4.78 is 5.48. The average molecular weight is 282 g/mol. The Bertz CT molecular complexity index is 594. The fraction of sp³-hybridized carbons (Fsp3) is 0.222. The topological polar surface area (TPSA) is 49.7 Å². The molecule has 1 aliphatic heterocycles. The van der Waals surface area contributed by atoms with E-state index in [1.807, 2.05) is 72.8 Å². The second-order valence-corrected chi connectivity index (χ2v) is 5.19. The van der Waals surface area contributed by atoms with E-state index in [2.05, 4.69) is 0 Å². The standard InChI is InChI=1S/C18H18O3/c19-17-16(14-9-5-2-6-10-14)15(21-18(17)20)12-11-13-7-3-1-4-8-13/h1-12,15-20H/b12-11+/t15-,16-,17+,18-/m1/s1. The highest BCUT2D eigenvalue weighted by atomic mass is 16.6. The Morgan fingerprint density at radius 1 is 0.857 bits per heavy atom. The molecule has 2 aromatic carbocycles. The molecule has 0 spiro atoms. The van der Waals surface area contributed by atoms with Gasteiger partial charge in [0.25, 0.3) is 0 Å². The summed E-state index contributed by atoms with van der Waals surface area (Å²) in [5.74, 6) is -0.263. The van der Waals surface area contributed by atoms with E-state index in [4.69, 9.17) is 4.74 Å². The van der Waals surface area contributed by atoms with E-state index in [9.17, 15) is 10.2 Å². The lowest BCUT2D eigenvalue weighted by molar-refractivity contribution is -0.119. The summed E-state index contributed by atoms with van der Waals surface area (Å²) in [6.07, 6.45) is 1.42. The number of ether oxygens (including phenoxy) is 1. The van der Waals surface area contributed by atoms with Crippen LogP contribution in [0.5, 0.6) is 0 Å². The molecule has 0 bridgehead atoms. The molecule has 0 aromatic heterocycles. The van der Waals surface area contributed by atoms with Crippen molar-refractivity contribution in [2.24, 2.45) is 0 Å². The predicted molar refractivity (Wildman–Crippen MR) is 81.5 cm³/mol. The van der Waals surface area contributed by atoms with Crippen LogP contribution in [0, 0.1) is 0 Å². The van der Waals surface area contributed by atoms with Gasteiger partial charge in [-0.25, -0.2) is 0 Å². The van der Waals surface area contributed by atoms with Crippen LogP contribution < -0.4 is 0 Å². The number of aliphatic hydroxyl groups excluding tert-OH is 2. The summed E-state index contributed by atoms with van der Waals surface area (Å²) in [5, 5.41) is 20.0. The average Bonchev–Trinajstić information content (AvgIpc) is 2.82. The molecular weight excluding hydrogens is 264 g/mol. The monoisotopic (exact) mass is 282 g/mol. The van der Waals surface area contributed by atoms with Crippen LogP contribution in [0.15, 0.2) is 66.7 Å². The van der Waals surface area contributed by atoms with E-state index in [0.29, 0.717) is 0 Å². The van der Waals surface area contributed by atoms with Gasteiger partial charge in [-0.05, 0) is 11.1 Å². The molecule has 0 aliphatic carbocycles. The van der Waals surface area contributed by atoms with E-state index >= 15 is 0 Å². The second-order valence-electron chi connectivity index (χ2n) is 5.19. The fourth-order valence-electron chi connectivity index (χ4n) is 2.70. The maximum absolute atomic E-state index is 10.2. The lowest BCUT2D eigenvalue weighted by Crippen LogP contribution is -2.25. The summed E-state index contributed by atoms with van der Waals surface area (Å²) in [6.45, 7) is 0. The van der Waals surface area contributed by atoms with Crippen LogP contribution in [-0.4, -0.2) is 28.7 Å². The minimum absolute atomic E-state index is 0.263. The first kappa shape index (κ1) is 14.0. The zero-order valence-electron chi connectivity index (χ0n) is 11.5. The zero-order chi connectivity index (χ0) is 14.7. The third-order valence-electron chi connectivity index (χ3n) is 3.77. The number of aliphatic hydroxyl groups is 2. The van der Waals surface area contributed by atoms with Crippen molar-refractivity contribution in [2.45, 2.75) is 24.4 Å². The second kappa shape index (κ2) is 6.22. The van der Waals surface area contributed by atoms with Gasteiger partial charge >= 0.3 is 0 Å². The van der Waals surface area contributed by atoms with Gasteiger partial charge in [0.05, 0.1) is 6.10 Å². The molecular formula is C18H18O3. The molecule has 1 fully saturated rings. The summed E-state index contributed by atoms with van der Waals surface area (Å²) in [6, 6.07) is 19.5. The third-order valence-corrected chi connectivity index (χ3v) is 3.77. The number of benzene rings is 2. The summed E-state index contributed by atoms with van der Waals surface area (Å²) in [4.78, 5) is 0. The van der Waals surface area contributed by atoms with Crippen LogP contribution in [0.4, 0.5) is 0 Å². The number of rotatable bonds is 3. The van der Waals surface area contributed by atoms with Crippen LogP contribution in [0.3, 0.4) is 0 Å². The molecule has 1 aliphatic rings. The Balaban J connectivity index is 1.84. The zero-order valence-corrected chi connectivity index (χ0v) is 11.5. The molecule has 3 nitrogen and oxygen atoms in total. The van der Waals surface area contributed by atoms with E-state index in [-0.39, 0.29) is 12.0 Å². The van der Waals surface area contributed by atoms with Crippen molar-refractivity contribution in [1.82, 2.24) is 0 Å². The number of hydrogen-bond acceptors (Lipinski definition) is 3. The van der Waals surface area contributed by atoms with Gasteiger partial charge in [0, 0.05) is 5.92 Å². The lowest BCUT2D eigenvalue weighted by atomic mass is 9.90. The predicted octanol–water partition coefficient (Wildman–Crippen LogP) is 2.56. The molecule has 21 heavy (non-hydrogen) atoms. The first-order valence-electron chi connectivity index (χ1n) is 7.05. The molecule has 2 N–H and O–H groups in total. The largest absolute Gasteiger partial charge is 0.387 e. The van der Waals surface area contributed by atoms with Gasteiger partial charge in [-0.1, -0.05) is 72.8 Å². The summed E-state index contributed by atoms with van der Waals surface area (Å²) in [7, 11) is 0. The quantitative estimate of drug-likeness (QED) is 0.909. The van der Waals surface area contributed by atoms with Gasteiger partial charge in [-0.3, -0.25) is 0 Å². The van der Waals surface area contributed by atoms with Crippen LogP contribution in [-0.2, 0) is 4.74 Å². The Morgan fingerprint density at radius 2 is 1.48 bits per heavy atom. The molecule has 1 heterocycles. The molecule has 2 aromatic rings. The van der Waals surface area contributed by atoms with Crippen molar-refractivity contribution in [1.29, 1.82) is 0 Å². The normalized spacial score (nSPS) is 29.0. The van der Waals surface area contributed by atoms with Crippen molar-refractivity contribution >= 4 is 6.08 Å². The number of hydrogen-bond donors (Lipinski definition) is 2. The minimum Gasteiger partial charge on any atom is -0.387 e. The highest BCUT2D eigenvalue weighted by molar-refractivity contribution is 5.50. The smallest absolute Gasteiger partial charge is 0.182 e. The third kappa shape index (κ3) is 3.05. The Labute approximate surface area is 124 Å². The van der Waals surface area contributed by atoms with Crippen molar-refractivity contribution in [2.75, 3.05) is 0 Å². The van der Waals surface area contributed by atoms with Crippen LogP contribution in [0.1, 0.15) is 17.0 Å². The summed E-state index contributed by atoms with van der Waals surface area (Å²) >= 11 is 0. The Morgan fingerprint density at radius 3 is 2.14 bits per heavy atom. The van der Waals surface area contributed by atoms with Crippen molar-refractivity contribution < 1.29 is 14.9 Å². The molecule has 108 valence electrons. The fourth-order valence-corrected chi connectivity index (χ4v) is 2.70. The molecule has 0 saturated carbocycles. The summed E-state index contributed by atoms with van der Waals surface area (Å²) in [5.41, 5.74) is 2.02. The highest BCUT2D eigenvalue weighted by Gasteiger charge is 2.42. The first-order valence-corrected chi connectivity index (χ1v) is 7.05. The van der Waals surface area contributed by atoms with Gasteiger partial charge in [0.1, 0.15) is 6.10 Å². The van der Waals surface area contributed by atoms with Gasteiger partial charge in [-0.15, -0.1) is 0 Å². The van der Waals surface area contributed by atoms with E-state index in [1.54, 1.807) is 0 Å². The molecule has 3 heteroatoms. The lowest BCUT2D eigenvalue weighted by Gasteiger charge is -2.17. The highest BCUT2D eigenvalue weighted by Crippen LogP contribution is 2.35. The van der Waals surface area contributed by atoms with E-state index < -0.39 is 12.4 Å². The van der Waals surface area contributed by atoms with Gasteiger partial charge in [0.15, 0.2) is 6.29 Å². The van der Waals surface area contributed by atoms with Gasteiger partial charge in [0.2, 0.25) is 0 Å². The Hall–Kier alpha value is -1.94. The van der Waals surface area contributed by atoms with Gasteiger partial charge < -0.3 is 14.9 Å². The van der Waals surface area contributed by atoms with Gasteiger partial charge in [-0.2, -0.15) is 0 Å². The van der Waals surface area contributed by atoms with Crippen molar-refractivity contribution in [3.8, 4) is 0 Å². The molecule has 0 amide bonds.